The van der Waals surface area contributed by atoms with E-state index in [9.17, 15) is 9.90 Å². The molecule has 0 spiro atoms. The van der Waals surface area contributed by atoms with Gasteiger partial charge >= 0.3 is 0 Å². The molecule has 1 aromatic rings. The molecule has 1 unspecified atom stereocenters. The van der Waals surface area contributed by atoms with E-state index in [1.807, 2.05) is 39.8 Å². The van der Waals surface area contributed by atoms with Gasteiger partial charge in [-0.15, -0.1) is 0 Å². The standard InChI is InChI=1S/C18H28N4O2S/c1-10-7-11(2)16(23)15(8-10)9-20-12(3)13(4)21-18(25)22-14(5)17(24)19-6/h7-9,12-14,23H,1-6H3,(H,19,24)(H2,21,22,25)/t12-,13-,14?/m0/s1. The summed E-state index contributed by atoms with van der Waals surface area (Å²) in [6, 6.07) is 3.30. The molecule has 0 aliphatic heterocycles. The second kappa shape index (κ2) is 9.36. The van der Waals surface area contributed by atoms with Crippen molar-refractivity contribution in [3.05, 3.63) is 28.8 Å². The fourth-order valence-corrected chi connectivity index (χ4v) is 2.63. The number of nitrogens with zero attached hydrogens (tertiary/aromatic N) is 1. The number of amides is 1. The van der Waals surface area contributed by atoms with Gasteiger partial charge in [-0.05, 0) is 64.0 Å². The van der Waals surface area contributed by atoms with Crippen LogP contribution in [0.1, 0.15) is 37.5 Å². The molecule has 0 aliphatic carbocycles. The number of carbonyl (C=O) groups is 1. The first-order chi connectivity index (χ1) is 11.6. The number of aromatic hydroxyl groups is 1. The third-order valence-electron chi connectivity index (χ3n) is 3.99. The van der Waals surface area contributed by atoms with Gasteiger partial charge in [-0.25, -0.2) is 0 Å². The number of benzene rings is 1. The van der Waals surface area contributed by atoms with Gasteiger partial charge in [0.05, 0.1) is 6.04 Å². The number of nitrogens with one attached hydrogen (secondary N) is 3. The van der Waals surface area contributed by atoms with E-state index < -0.39 is 6.04 Å². The summed E-state index contributed by atoms with van der Waals surface area (Å²) < 4.78 is 0. The zero-order valence-corrected chi connectivity index (χ0v) is 16.5. The molecule has 0 heterocycles. The van der Waals surface area contributed by atoms with E-state index in [-0.39, 0.29) is 23.7 Å². The van der Waals surface area contributed by atoms with Crippen molar-refractivity contribution in [2.24, 2.45) is 4.99 Å². The average Bonchev–Trinajstić information content (AvgIpc) is 2.55. The second-order valence-corrected chi connectivity index (χ2v) is 6.69. The number of aliphatic imine (C=N–C) groups is 1. The lowest BCUT2D eigenvalue weighted by Gasteiger charge is -2.22. The Bertz CT molecular complexity index is 661. The number of likely N-dealkylation sites (N-methyl/N-ethyl adjacent to an activating group) is 1. The first-order valence-corrected chi connectivity index (χ1v) is 8.68. The number of phenols is 1. The minimum absolute atomic E-state index is 0.0406. The van der Waals surface area contributed by atoms with Crippen molar-refractivity contribution >= 4 is 29.5 Å². The minimum Gasteiger partial charge on any atom is -0.507 e. The molecule has 4 N–H and O–H groups in total. The molecule has 1 aromatic carbocycles. The van der Waals surface area contributed by atoms with Crippen LogP contribution in [0.2, 0.25) is 0 Å². The van der Waals surface area contributed by atoms with Crippen LogP contribution in [0, 0.1) is 13.8 Å². The van der Waals surface area contributed by atoms with Crippen LogP contribution < -0.4 is 16.0 Å². The molecule has 0 bridgehead atoms. The van der Waals surface area contributed by atoms with E-state index in [0.717, 1.165) is 11.1 Å². The van der Waals surface area contributed by atoms with Gasteiger partial charge in [0.15, 0.2) is 5.11 Å². The zero-order valence-electron chi connectivity index (χ0n) is 15.7. The van der Waals surface area contributed by atoms with Gasteiger partial charge in [-0.1, -0.05) is 6.07 Å². The Morgan fingerprint density at radius 3 is 2.48 bits per heavy atom. The predicted molar refractivity (Wildman–Crippen MR) is 106 cm³/mol. The van der Waals surface area contributed by atoms with E-state index in [1.54, 1.807) is 20.2 Å². The summed E-state index contributed by atoms with van der Waals surface area (Å²) in [5.74, 6) is 0.118. The smallest absolute Gasteiger partial charge is 0.242 e. The van der Waals surface area contributed by atoms with Gasteiger partial charge in [0.2, 0.25) is 5.91 Å². The quantitative estimate of drug-likeness (QED) is 0.457. The number of aryl methyl sites for hydroxylation is 2. The van der Waals surface area contributed by atoms with Crippen molar-refractivity contribution in [2.75, 3.05) is 7.05 Å². The molecule has 0 fully saturated rings. The molecule has 1 amide bonds. The maximum atomic E-state index is 11.5. The molecule has 0 radical (unpaired) electrons. The highest BCUT2D eigenvalue weighted by molar-refractivity contribution is 7.80. The molecule has 7 heteroatoms. The summed E-state index contributed by atoms with van der Waals surface area (Å²) in [6.07, 6.45) is 1.68. The Morgan fingerprint density at radius 2 is 1.88 bits per heavy atom. The zero-order chi connectivity index (χ0) is 19.1. The lowest BCUT2D eigenvalue weighted by atomic mass is 10.1. The SMILES string of the molecule is CNC(=O)C(C)NC(=S)N[C@@H](C)[C@H](C)N=Cc1cc(C)cc(C)c1O. The van der Waals surface area contributed by atoms with Gasteiger partial charge in [0.25, 0.3) is 0 Å². The van der Waals surface area contributed by atoms with E-state index in [4.69, 9.17) is 12.2 Å². The van der Waals surface area contributed by atoms with Crippen LogP contribution in [0.5, 0.6) is 5.75 Å². The van der Waals surface area contributed by atoms with E-state index in [2.05, 4.69) is 20.9 Å². The number of hydrogen-bond donors (Lipinski definition) is 4. The molecule has 0 saturated carbocycles. The van der Waals surface area contributed by atoms with Crippen molar-refractivity contribution in [3.63, 3.8) is 0 Å². The topological polar surface area (TPSA) is 85.8 Å². The summed E-state index contributed by atoms with van der Waals surface area (Å²) in [5, 5.41) is 19.1. The monoisotopic (exact) mass is 364 g/mol. The first-order valence-electron chi connectivity index (χ1n) is 8.27. The van der Waals surface area contributed by atoms with Crippen LogP contribution in [0.15, 0.2) is 17.1 Å². The van der Waals surface area contributed by atoms with Gasteiger partial charge in [-0.2, -0.15) is 0 Å². The highest BCUT2D eigenvalue weighted by atomic mass is 32.1. The number of hydrogen-bond acceptors (Lipinski definition) is 4. The summed E-state index contributed by atoms with van der Waals surface area (Å²) in [5.41, 5.74) is 2.60. The van der Waals surface area contributed by atoms with Crippen LogP contribution in [0.4, 0.5) is 0 Å². The van der Waals surface area contributed by atoms with E-state index >= 15 is 0 Å². The molecular formula is C18H28N4O2S. The van der Waals surface area contributed by atoms with Gasteiger partial charge in [0.1, 0.15) is 11.8 Å². The van der Waals surface area contributed by atoms with Crippen LogP contribution in [0.25, 0.3) is 0 Å². The largest absolute Gasteiger partial charge is 0.507 e. The minimum atomic E-state index is -0.414. The number of phenolic OH excluding ortho intramolecular Hbond substituents is 1. The highest BCUT2D eigenvalue weighted by Crippen LogP contribution is 2.22. The van der Waals surface area contributed by atoms with E-state index in [0.29, 0.717) is 10.7 Å². The van der Waals surface area contributed by atoms with Crippen molar-refractivity contribution in [1.29, 1.82) is 0 Å². The van der Waals surface area contributed by atoms with Crippen molar-refractivity contribution in [3.8, 4) is 5.75 Å². The maximum Gasteiger partial charge on any atom is 0.242 e. The van der Waals surface area contributed by atoms with Crippen LogP contribution in [0.3, 0.4) is 0 Å². The molecular weight excluding hydrogens is 336 g/mol. The van der Waals surface area contributed by atoms with Crippen LogP contribution >= 0.6 is 12.2 Å². The molecule has 0 aliphatic rings. The molecule has 0 aromatic heterocycles. The Morgan fingerprint density at radius 1 is 1.24 bits per heavy atom. The van der Waals surface area contributed by atoms with Crippen LogP contribution in [-0.4, -0.2) is 47.5 Å². The maximum absolute atomic E-state index is 11.5. The highest BCUT2D eigenvalue weighted by Gasteiger charge is 2.15. The van der Waals surface area contributed by atoms with Crippen molar-refractivity contribution in [2.45, 2.75) is 52.7 Å². The third-order valence-corrected chi connectivity index (χ3v) is 4.23. The molecule has 138 valence electrons. The Hall–Kier alpha value is -2.15. The Balaban J connectivity index is 2.66. The number of thiocarbonyl (C=S) groups is 1. The van der Waals surface area contributed by atoms with Gasteiger partial charge in [-0.3, -0.25) is 9.79 Å². The fraction of sp³-hybridized carbons (Fsp3) is 0.500. The normalized spacial score (nSPS) is 14.6. The molecule has 3 atom stereocenters. The van der Waals surface area contributed by atoms with Crippen molar-refractivity contribution < 1.29 is 9.90 Å². The summed E-state index contributed by atoms with van der Waals surface area (Å²) in [4.78, 5) is 16.0. The van der Waals surface area contributed by atoms with Crippen LogP contribution in [-0.2, 0) is 4.79 Å². The fourth-order valence-electron chi connectivity index (χ4n) is 2.27. The van der Waals surface area contributed by atoms with Crippen molar-refractivity contribution in [1.82, 2.24) is 16.0 Å². The van der Waals surface area contributed by atoms with Gasteiger partial charge in [0, 0.05) is 24.9 Å². The summed E-state index contributed by atoms with van der Waals surface area (Å²) in [7, 11) is 1.58. The lowest BCUT2D eigenvalue weighted by Crippen LogP contribution is -2.51. The molecule has 6 nitrogen and oxygen atoms in total. The number of rotatable bonds is 6. The van der Waals surface area contributed by atoms with Gasteiger partial charge < -0.3 is 21.1 Å². The average molecular weight is 365 g/mol. The summed E-state index contributed by atoms with van der Waals surface area (Å²) >= 11 is 5.23. The second-order valence-electron chi connectivity index (χ2n) is 6.28. The molecule has 1 rings (SSSR count). The molecule has 25 heavy (non-hydrogen) atoms. The predicted octanol–water partition coefficient (Wildman–Crippen LogP) is 1.80. The van der Waals surface area contributed by atoms with E-state index in [1.165, 1.54) is 0 Å². The number of carbonyl (C=O) groups excluding carboxylic acids is 1. The summed E-state index contributed by atoms with van der Waals surface area (Å²) in [6.45, 7) is 9.50. The lowest BCUT2D eigenvalue weighted by molar-refractivity contribution is -0.121. The molecule has 0 saturated heterocycles. The third kappa shape index (κ3) is 6.34. The Labute approximate surface area is 155 Å². The first kappa shape index (κ1) is 20.9. The Kier molecular flexibility index (Phi) is 7.83.